The maximum absolute atomic E-state index is 10.1. The van der Waals surface area contributed by atoms with Crippen molar-refractivity contribution < 1.29 is 14.6 Å². The second kappa shape index (κ2) is 6.18. The molecule has 0 bridgehead atoms. The maximum Gasteiger partial charge on any atom is 0.104 e. The van der Waals surface area contributed by atoms with Gasteiger partial charge in [-0.25, -0.2) is 0 Å². The largest absolute Gasteiger partial charge is 0.386 e. The molecule has 1 aliphatic rings. The highest BCUT2D eigenvalue weighted by molar-refractivity contribution is 5.63. The third-order valence-electron chi connectivity index (χ3n) is 3.50. The fourth-order valence-electron chi connectivity index (χ4n) is 2.16. The van der Waals surface area contributed by atoms with E-state index in [9.17, 15) is 5.11 Å². The van der Waals surface area contributed by atoms with Gasteiger partial charge >= 0.3 is 0 Å². The highest BCUT2D eigenvalue weighted by Gasteiger charge is 2.20. The third kappa shape index (κ3) is 3.07. The highest BCUT2D eigenvalue weighted by atomic mass is 16.6. The number of ether oxygens (including phenoxy) is 2. The molecule has 20 heavy (non-hydrogen) atoms. The minimum atomic E-state index is -0.583. The first-order valence-corrected chi connectivity index (χ1v) is 6.86. The SMILES string of the molecule is OC(COC1COC1)c1ccc(-c2ccccc2)cc1. The van der Waals surface area contributed by atoms with Crippen LogP contribution in [0.5, 0.6) is 0 Å². The molecule has 1 aliphatic heterocycles. The van der Waals surface area contributed by atoms with Crippen molar-refractivity contribution in [3.8, 4) is 11.1 Å². The molecular formula is C17H18O3. The van der Waals surface area contributed by atoms with Crippen LogP contribution in [0.4, 0.5) is 0 Å². The van der Waals surface area contributed by atoms with Crippen molar-refractivity contribution in [1.29, 1.82) is 0 Å². The Morgan fingerprint density at radius 1 is 1.00 bits per heavy atom. The molecule has 1 saturated heterocycles. The number of aliphatic hydroxyl groups is 1. The van der Waals surface area contributed by atoms with E-state index in [1.165, 1.54) is 5.56 Å². The van der Waals surface area contributed by atoms with Gasteiger partial charge in [-0.05, 0) is 16.7 Å². The summed E-state index contributed by atoms with van der Waals surface area (Å²) in [6.07, 6.45) is -0.436. The van der Waals surface area contributed by atoms with Crippen LogP contribution in [0.15, 0.2) is 54.6 Å². The lowest BCUT2D eigenvalue weighted by Crippen LogP contribution is -2.37. The van der Waals surface area contributed by atoms with E-state index in [1.807, 2.05) is 42.5 Å². The predicted molar refractivity (Wildman–Crippen MR) is 77.4 cm³/mol. The number of rotatable bonds is 5. The molecule has 3 rings (SSSR count). The standard InChI is InChI=1S/C17H18O3/c18-17(12-20-16-10-19-11-16)15-8-6-14(7-9-15)13-4-2-1-3-5-13/h1-9,16-18H,10-12H2. The van der Waals surface area contributed by atoms with Gasteiger partial charge in [0.1, 0.15) is 12.2 Å². The Labute approximate surface area is 118 Å². The van der Waals surface area contributed by atoms with Gasteiger partial charge in [0.15, 0.2) is 0 Å². The fraction of sp³-hybridized carbons (Fsp3) is 0.294. The van der Waals surface area contributed by atoms with Gasteiger partial charge < -0.3 is 14.6 Å². The molecule has 2 aromatic carbocycles. The Morgan fingerprint density at radius 3 is 2.25 bits per heavy atom. The first-order valence-electron chi connectivity index (χ1n) is 6.86. The predicted octanol–water partition coefficient (Wildman–Crippen LogP) is 2.80. The van der Waals surface area contributed by atoms with Crippen molar-refractivity contribution in [2.75, 3.05) is 19.8 Å². The van der Waals surface area contributed by atoms with E-state index in [1.54, 1.807) is 0 Å². The molecule has 1 N–H and O–H groups in total. The summed E-state index contributed by atoms with van der Waals surface area (Å²) in [5.74, 6) is 0. The van der Waals surface area contributed by atoms with Crippen molar-refractivity contribution in [2.45, 2.75) is 12.2 Å². The summed E-state index contributed by atoms with van der Waals surface area (Å²) >= 11 is 0. The summed E-state index contributed by atoms with van der Waals surface area (Å²) < 4.78 is 10.6. The van der Waals surface area contributed by atoms with E-state index in [0.29, 0.717) is 19.8 Å². The van der Waals surface area contributed by atoms with E-state index < -0.39 is 6.10 Å². The molecule has 3 heteroatoms. The Hall–Kier alpha value is -1.68. The van der Waals surface area contributed by atoms with Gasteiger partial charge in [0.05, 0.1) is 19.8 Å². The average Bonchev–Trinajstić information content (AvgIpc) is 2.46. The second-order valence-electron chi connectivity index (χ2n) is 5.00. The van der Waals surface area contributed by atoms with Gasteiger partial charge in [0, 0.05) is 0 Å². The molecule has 104 valence electrons. The Balaban J connectivity index is 1.63. The molecule has 0 aromatic heterocycles. The van der Waals surface area contributed by atoms with Crippen LogP contribution in [0.1, 0.15) is 11.7 Å². The van der Waals surface area contributed by atoms with E-state index >= 15 is 0 Å². The smallest absolute Gasteiger partial charge is 0.104 e. The molecule has 0 amide bonds. The Morgan fingerprint density at radius 2 is 1.65 bits per heavy atom. The zero-order valence-corrected chi connectivity index (χ0v) is 11.2. The minimum absolute atomic E-state index is 0.147. The number of aliphatic hydroxyl groups excluding tert-OH is 1. The summed E-state index contributed by atoms with van der Waals surface area (Å²) in [4.78, 5) is 0. The lowest BCUT2D eigenvalue weighted by molar-refractivity contribution is -0.143. The number of hydrogen-bond donors (Lipinski definition) is 1. The summed E-state index contributed by atoms with van der Waals surface area (Å²) in [5, 5.41) is 10.1. The van der Waals surface area contributed by atoms with Crippen LogP contribution in [0, 0.1) is 0 Å². The molecule has 1 atom stereocenters. The van der Waals surface area contributed by atoms with Crippen molar-refractivity contribution >= 4 is 0 Å². The van der Waals surface area contributed by atoms with Crippen LogP contribution in [0.3, 0.4) is 0 Å². The zero-order valence-electron chi connectivity index (χ0n) is 11.2. The average molecular weight is 270 g/mol. The molecule has 0 saturated carbocycles. The molecule has 0 radical (unpaired) electrons. The van der Waals surface area contributed by atoms with Gasteiger partial charge in [0.25, 0.3) is 0 Å². The van der Waals surface area contributed by atoms with Crippen molar-refractivity contribution in [3.63, 3.8) is 0 Å². The fourth-order valence-corrected chi connectivity index (χ4v) is 2.16. The van der Waals surface area contributed by atoms with Crippen LogP contribution in [-0.2, 0) is 9.47 Å². The maximum atomic E-state index is 10.1. The van der Waals surface area contributed by atoms with Gasteiger partial charge in [-0.15, -0.1) is 0 Å². The Kier molecular flexibility index (Phi) is 4.11. The molecule has 3 nitrogen and oxygen atoms in total. The first kappa shape index (κ1) is 13.3. The topological polar surface area (TPSA) is 38.7 Å². The summed E-state index contributed by atoms with van der Waals surface area (Å²) in [5.41, 5.74) is 3.20. The van der Waals surface area contributed by atoms with Gasteiger partial charge in [-0.2, -0.15) is 0 Å². The molecule has 1 unspecified atom stereocenters. The van der Waals surface area contributed by atoms with E-state index in [4.69, 9.17) is 9.47 Å². The molecule has 0 spiro atoms. The van der Waals surface area contributed by atoms with Gasteiger partial charge in [-0.3, -0.25) is 0 Å². The zero-order chi connectivity index (χ0) is 13.8. The molecule has 1 heterocycles. The quantitative estimate of drug-likeness (QED) is 0.908. The molecular weight excluding hydrogens is 252 g/mol. The minimum Gasteiger partial charge on any atom is -0.386 e. The van der Waals surface area contributed by atoms with E-state index in [2.05, 4.69) is 12.1 Å². The summed E-state index contributed by atoms with van der Waals surface area (Å²) in [6, 6.07) is 18.2. The summed E-state index contributed by atoms with van der Waals surface area (Å²) in [6.45, 7) is 1.60. The van der Waals surface area contributed by atoms with E-state index in [-0.39, 0.29) is 6.10 Å². The molecule has 0 aliphatic carbocycles. The normalized spacial score (nSPS) is 16.6. The van der Waals surface area contributed by atoms with Gasteiger partial charge in [-0.1, -0.05) is 54.6 Å². The molecule has 2 aromatic rings. The summed E-state index contributed by atoms with van der Waals surface area (Å²) in [7, 11) is 0. The third-order valence-corrected chi connectivity index (χ3v) is 3.50. The first-order chi connectivity index (χ1) is 9.83. The van der Waals surface area contributed by atoms with Crippen LogP contribution < -0.4 is 0 Å². The van der Waals surface area contributed by atoms with Crippen LogP contribution >= 0.6 is 0 Å². The van der Waals surface area contributed by atoms with Crippen LogP contribution in [0.2, 0.25) is 0 Å². The Bertz CT molecular complexity index is 532. The van der Waals surface area contributed by atoms with Crippen molar-refractivity contribution in [1.82, 2.24) is 0 Å². The number of hydrogen-bond acceptors (Lipinski definition) is 3. The lowest BCUT2D eigenvalue weighted by Gasteiger charge is -2.27. The van der Waals surface area contributed by atoms with Crippen molar-refractivity contribution in [3.05, 3.63) is 60.2 Å². The number of benzene rings is 2. The second-order valence-corrected chi connectivity index (χ2v) is 5.00. The van der Waals surface area contributed by atoms with Crippen LogP contribution in [0.25, 0.3) is 11.1 Å². The molecule has 1 fully saturated rings. The van der Waals surface area contributed by atoms with Gasteiger partial charge in [0.2, 0.25) is 0 Å². The van der Waals surface area contributed by atoms with Crippen molar-refractivity contribution in [2.24, 2.45) is 0 Å². The lowest BCUT2D eigenvalue weighted by atomic mass is 10.0. The monoisotopic (exact) mass is 270 g/mol. The van der Waals surface area contributed by atoms with E-state index in [0.717, 1.165) is 11.1 Å². The highest BCUT2D eigenvalue weighted by Crippen LogP contribution is 2.22. The van der Waals surface area contributed by atoms with Crippen LogP contribution in [-0.4, -0.2) is 31.0 Å².